The number of alkyl halides is 3. The summed E-state index contributed by atoms with van der Waals surface area (Å²) < 4.78 is 36.7. The van der Waals surface area contributed by atoms with Gasteiger partial charge in [-0.15, -0.1) is 0 Å². The molecule has 7 heteroatoms. The number of likely N-dealkylation sites (tertiary alicyclic amines) is 1. The standard InChI is InChI=1S/C14H16F3NO2S/c15-14(16,17)21-12-3-1-11(2-4-12)13(20)18-7-5-10(9-18)6-8-19/h1-4,10,19H,5-9H2. The van der Waals surface area contributed by atoms with Crippen molar-refractivity contribution in [2.45, 2.75) is 23.2 Å². The molecule has 3 nitrogen and oxygen atoms in total. The molecule has 1 heterocycles. The van der Waals surface area contributed by atoms with Gasteiger partial charge in [0, 0.05) is 30.2 Å². The van der Waals surface area contributed by atoms with Crippen LogP contribution >= 0.6 is 11.8 Å². The van der Waals surface area contributed by atoms with Crippen molar-refractivity contribution in [3.8, 4) is 0 Å². The van der Waals surface area contributed by atoms with Crippen LogP contribution in [0.5, 0.6) is 0 Å². The van der Waals surface area contributed by atoms with Crippen LogP contribution in [0, 0.1) is 5.92 Å². The molecule has 0 aromatic heterocycles. The number of nitrogens with zero attached hydrogens (tertiary/aromatic N) is 1. The molecule has 0 bridgehead atoms. The third-order valence-corrected chi connectivity index (χ3v) is 4.18. The van der Waals surface area contributed by atoms with Gasteiger partial charge < -0.3 is 10.0 Å². The van der Waals surface area contributed by atoms with Gasteiger partial charge in [0.1, 0.15) is 0 Å². The second kappa shape index (κ2) is 6.70. The van der Waals surface area contributed by atoms with Crippen LogP contribution in [0.2, 0.25) is 0 Å². The number of rotatable bonds is 4. The fraction of sp³-hybridized carbons (Fsp3) is 0.500. The Hall–Kier alpha value is -1.21. The average Bonchev–Trinajstić information content (AvgIpc) is 2.86. The summed E-state index contributed by atoms with van der Waals surface area (Å²) in [5, 5.41) is 8.89. The minimum Gasteiger partial charge on any atom is -0.396 e. The van der Waals surface area contributed by atoms with Gasteiger partial charge in [-0.05, 0) is 54.8 Å². The molecular weight excluding hydrogens is 303 g/mol. The monoisotopic (exact) mass is 319 g/mol. The van der Waals surface area contributed by atoms with E-state index in [0.717, 1.165) is 6.42 Å². The highest BCUT2D eigenvalue weighted by Gasteiger charge is 2.30. The first-order chi connectivity index (χ1) is 9.89. The van der Waals surface area contributed by atoms with Gasteiger partial charge in [-0.1, -0.05) is 0 Å². The van der Waals surface area contributed by atoms with E-state index in [-0.39, 0.29) is 29.2 Å². The molecule has 1 fully saturated rings. The molecule has 0 spiro atoms. The molecule has 21 heavy (non-hydrogen) atoms. The second-order valence-corrected chi connectivity index (χ2v) is 6.13. The van der Waals surface area contributed by atoms with Crippen molar-refractivity contribution >= 4 is 17.7 Å². The lowest BCUT2D eigenvalue weighted by Crippen LogP contribution is -2.28. The Balaban J connectivity index is 1.97. The Morgan fingerprint density at radius 1 is 1.33 bits per heavy atom. The number of aliphatic hydroxyl groups is 1. The van der Waals surface area contributed by atoms with Gasteiger partial charge in [0.15, 0.2) is 0 Å². The van der Waals surface area contributed by atoms with E-state index >= 15 is 0 Å². The van der Waals surface area contributed by atoms with Crippen molar-refractivity contribution in [1.82, 2.24) is 4.90 Å². The molecule has 1 atom stereocenters. The van der Waals surface area contributed by atoms with E-state index in [1.807, 2.05) is 0 Å². The van der Waals surface area contributed by atoms with Crippen LogP contribution in [-0.4, -0.2) is 41.1 Å². The molecule has 1 amide bonds. The third kappa shape index (κ3) is 4.64. The van der Waals surface area contributed by atoms with Crippen molar-refractivity contribution in [1.29, 1.82) is 0 Å². The first kappa shape index (κ1) is 16.2. The number of amides is 1. The van der Waals surface area contributed by atoms with E-state index in [4.69, 9.17) is 5.11 Å². The summed E-state index contributed by atoms with van der Waals surface area (Å²) in [6, 6.07) is 5.48. The van der Waals surface area contributed by atoms with Crippen LogP contribution in [0.3, 0.4) is 0 Å². The number of benzene rings is 1. The Morgan fingerprint density at radius 2 is 2.00 bits per heavy atom. The predicted molar refractivity (Wildman–Crippen MR) is 74.1 cm³/mol. The number of halogens is 3. The number of carbonyl (C=O) groups excluding carboxylic acids is 1. The van der Waals surface area contributed by atoms with E-state index < -0.39 is 5.51 Å². The SMILES string of the molecule is O=C(c1ccc(SC(F)(F)F)cc1)N1CCC(CCO)C1. The first-order valence-corrected chi connectivity index (χ1v) is 7.46. The third-order valence-electron chi connectivity index (χ3n) is 3.45. The van der Waals surface area contributed by atoms with Crippen LogP contribution in [0.25, 0.3) is 0 Å². The van der Waals surface area contributed by atoms with Gasteiger partial charge in [-0.2, -0.15) is 13.2 Å². The van der Waals surface area contributed by atoms with Crippen molar-refractivity contribution in [2.24, 2.45) is 5.92 Å². The molecule has 1 saturated heterocycles. The van der Waals surface area contributed by atoms with Crippen LogP contribution in [0.1, 0.15) is 23.2 Å². The maximum absolute atomic E-state index is 12.2. The first-order valence-electron chi connectivity index (χ1n) is 6.65. The van der Waals surface area contributed by atoms with E-state index in [9.17, 15) is 18.0 Å². The smallest absolute Gasteiger partial charge is 0.396 e. The molecule has 0 radical (unpaired) electrons. The molecule has 1 aromatic rings. The van der Waals surface area contributed by atoms with Crippen LogP contribution in [0.4, 0.5) is 13.2 Å². The van der Waals surface area contributed by atoms with E-state index in [1.165, 1.54) is 24.3 Å². The molecule has 2 rings (SSSR count). The largest absolute Gasteiger partial charge is 0.446 e. The summed E-state index contributed by atoms with van der Waals surface area (Å²) in [7, 11) is 0. The molecule has 1 aliphatic rings. The number of hydrogen-bond donors (Lipinski definition) is 1. The highest BCUT2D eigenvalue weighted by Crippen LogP contribution is 2.36. The van der Waals surface area contributed by atoms with E-state index in [2.05, 4.69) is 0 Å². The van der Waals surface area contributed by atoms with Gasteiger partial charge in [-0.25, -0.2) is 0 Å². The Labute approximate surface area is 125 Å². The summed E-state index contributed by atoms with van der Waals surface area (Å²) in [6.45, 7) is 1.33. The number of aliphatic hydroxyl groups excluding tert-OH is 1. The van der Waals surface area contributed by atoms with Gasteiger partial charge in [0.25, 0.3) is 5.91 Å². The van der Waals surface area contributed by atoms with Crippen molar-refractivity contribution in [2.75, 3.05) is 19.7 Å². The fourth-order valence-corrected chi connectivity index (χ4v) is 2.96. The molecule has 116 valence electrons. The Kier molecular flexibility index (Phi) is 5.16. The van der Waals surface area contributed by atoms with Crippen LogP contribution in [0.15, 0.2) is 29.2 Å². The molecule has 1 aromatic carbocycles. The van der Waals surface area contributed by atoms with E-state index in [0.29, 0.717) is 31.0 Å². The molecular formula is C14H16F3NO2S. The maximum Gasteiger partial charge on any atom is 0.446 e. The quantitative estimate of drug-likeness (QED) is 0.867. The topological polar surface area (TPSA) is 40.5 Å². The van der Waals surface area contributed by atoms with Gasteiger partial charge in [-0.3, -0.25) is 4.79 Å². The molecule has 0 aliphatic carbocycles. The maximum atomic E-state index is 12.2. The lowest BCUT2D eigenvalue weighted by atomic mass is 10.1. The highest BCUT2D eigenvalue weighted by molar-refractivity contribution is 8.00. The Bertz CT molecular complexity index is 490. The van der Waals surface area contributed by atoms with Crippen molar-refractivity contribution in [3.63, 3.8) is 0 Å². The normalized spacial score (nSPS) is 19.0. The summed E-state index contributed by atoms with van der Waals surface area (Å²) in [6.07, 6.45) is 1.53. The number of thioether (sulfide) groups is 1. The second-order valence-electron chi connectivity index (χ2n) is 4.99. The number of hydrogen-bond acceptors (Lipinski definition) is 3. The zero-order chi connectivity index (χ0) is 15.5. The highest BCUT2D eigenvalue weighted by atomic mass is 32.2. The lowest BCUT2D eigenvalue weighted by molar-refractivity contribution is -0.0328. The fourth-order valence-electron chi connectivity index (χ4n) is 2.42. The van der Waals surface area contributed by atoms with Gasteiger partial charge in [0.2, 0.25) is 0 Å². The Morgan fingerprint density at radius 3 is 2.57 bits per heavy atom. The summed E-state index contributed by atoms with van der Waals surface area (Å²) >= 11 is -0.192. The van der Waals surface area contributed by atoms with E-state index in [1.54, 1.807) is 4.90 Å². The molecule has 1 N–H and O–H groups in total. The molecule has 1 aliphatic heterocycles. The van der Waals surface area contributed by atoms with Crippen molar-refractivity contribution < 1.29 is 23.1 Å². The predicted octanol–water partition coefficient (Wildman–Crippen LogP) is 3.14. The van der Waals surface area contributed by atoms with Gasteiger partial charge >= 0.3 is 5.51 Å². The van der Waals surface area contributed by atoms with Crippen molar-refractivity contribution in [3.05, 3.63) is 29.8 Å². The average molecular weight is 319 g/mol. The molecule has 1 unspecified atom stereocenters. The minimum absolute atomic E-state index is 0.0682. The summed E-state index contributed by atoms with van der Waals surface area (Å²) in [5.41, 5.74) is -3.93. The molecule has 0 saturated carbocycles. The van der Waals surface area contributed by atoms with Gasteiger partial charge in [0.05, 0.1) is 0 Å². The summed E-state index contributed by atoms with van der Waals surface area (Å²) in [5.74, 6) is 0.137. The van der Waals surface area contributed by atoms with Crippen LogP contribution < -0.4 is 0 Å². The zero-order valence-corrected chi connectivity index (χ0v) is 12.1. The minimum atomic E-state index is -4.32. The number of carbonyl (C=O) groups is 1. The lowest BCUT2D eigenvalue weighted by Gasteiger charge is -2.16. The summed E-state index contributed by atoms with van der Waals surface area (Å²) in [4.78, 5) is 14.0. The van der Waals surface area contributed by atoms with Crippen LogP contribution in [-0.2, 0) is 0 Å². The zero-order valence-electron chi connectivity index (χ0n) is 11.3.